The number of hydrazine groups is 1. The molecule has 0 saturated carbocycles. The summed E-state index contributed by atoms with van der Waals surface area (Å²) in [6.07, 6.45) is 5.95. The summed E-state index contributed by atoms with van der Waals surface area (Å²) in [5.74, 6) is 5.87. The standard InChI is InChI=1S/C21H23BrN6O6S/c22-17-4-5-26-19(13-17)16(15-24-26)3-6-27(23)35(31,32)21-14-18(28(29)30)1-2-20(21)34-12-9-25-7-10-33-11-8-25/h1-6,13-15H,7-12,23H2. The molecule has 186 valence electrons. The quantitative estimate of drug-likeness (QED) is 0.234. The van der Waals surface area contributed by atoms with Gasteiger partial charge in [0.1, 0.15) is 17.3 Å². The smallest absolute Gasteiger partial charge is 0.280 e. The van der Waals surface area contributed by atoms with E-state index >= 15 is 0 Å². The van der Waals surface area contributed by atoms with Gasteiger partial charge in [-0.05, 0) is 24.3 Å². The summed E-state index contributed by atoms with van der Waals surface area (Å²) in [6, 6.07) is 7.04. The van der Waals surface area contributed by atoms with Crippen LogP contribution in [0.25, 0.3) is 11.6 Å². The highest BCUT2D eigenvalue weighted by molar-refractivity contribution is 9.10. The molecule has 3 aromatic rings. The lowest BCUT2D eigenvalue weighted by molar-refractivity contribution is -0.385. The van der Waals surface area contributed by atoms with E-state index in [4.69, 9.17) is 15.3 Å². The van der Waals surface area contributed by atoms with Crippen LogP contribution in [0, 0.1) is 10.1 Å². The number of nitrogens with zero attached hydrogens (tertiary/aromatic N) is 5. The van der Waals surface area contributed by atoms with Gasteiger partial charge in [-0.25, -0.2) is 14.8 Å². The van der Waals surface area contributed by atoms with E-state index in [1.54, 1.807) is 16.9 Å². The van der Waals surface area contributed by atoms with Crippen LogP contribution in [0.15, 0.2) is 58.3 Å². The van der Waals surface area contributed by atoms with Crippen LogP contribution in [0.5, 0.6) is 5.75 Å². The Labute approximate surface area is 209 Å². The average Bonchev–Trinajstić information content (AvgIpc) is 3.25. The van der Waals surface area contributed by atoms with Crippen molar-refractivity contribution in [2.24, 2.45) is 5.84 Å². The second-order valence-corrected chi connectivity index (χ2v) is 10.3. The number of halogens is 1. The van der Waals surface area contributed by atoms with Gasteiger partial charge < -0.3 is 9.47 Å². The molecular formula is C21H23BrN6O6S. The number of hydrogen-bond acceptors (Lipinski definition) is 9. The number of nitrogens with two attached hydrogens (primary N) is 1. The van der Waals surface area contributed by atoms with E-state index in [2.05, 4.69) is 25.9 Å². The number of hydrogen-bond donors (Lipinski definition) is 1. The molecule has 0 amide bonds. The number of morpholine rings is 1. The molecule has 12 nitrogen and oxygen atoms in total. The number of non-ortho nitro benzene ring substituents is 1. The normalized spacial score (nSPS) is 15.0. The Hall–Kier alpha value is -3.04. The number of benzene rings is 1. The molecule has 35 heavy (non-hydrogen) atoms. The van der Waals surface area contributed by atoms with Crippen molar-refractivity contribution in [3.63, 3.8) is 0 Å². The number of nitro groups is 1. The van der Waals surface area contributed by atoms with Crippen molar-refractivity contribution in [2.75, 3.05) is 39.5 Å². The monoisotopic (exact) mass is 566 g/mol. The molecule has 1 aromatic carbocycles. The van der Waals surface area contributed by atoms with E-state index < -0.39 is 25.5 Å². The van der Waals surface area contributed by atoms with Gasteiger partial charge in [-0.15, -0.1) is 0 Å². The summed E-state index contributed by atoms with van der Waals surface area (Å²) >= 11 is 3.39. The second-order valence-electron chi connectivity index (χ2n) is 7.62. The molecule has 0 radical (unpaired) electrons. The Morgan fingerprint density at radius 3 is 2.80 bits per heavy atom. The summed E-state index contributed by atoms with van der Waals surface area (Å²) in [7, 11) is -4.37. The van der Waals surface area contributed by atoms with Crippen LogP contribution in [0.4, 0.5) is 5.69 Å². The zero-order valence-electron chi connectivity index (χ0n) is 18.5. The topological polar surface area (TPSA) is 146 Å². The molecule has 4 rings (SSSR count). The first-order valence-electron chi connectivity index (χ1n) is 10.6. The molecule has 3 heterocycles. The minimum atomic E-state index is -4.37. The minimum Gasteiger partial charge on any atom is -0.491 e. The third-order valence-electron chi connectivity index (χ3n) is 5.38. The molecule has 0 bridgehead atoms. The number of ether oxygens (including phenoxy) is 2. The predicted molar refractivity (Wildman–Crippen MR) is 131 cm³/mol. The number of rotatable bonds is 9. The Kier molecular flexibility index (Phi) is 7.66. The first-order chi connectivity index (χ1) is 16.8. The highest BCUT2D eigenvalue weighted by Crippen LogP contribution is 2.30. The molecule has 1 saturated heterocycles. The van der Waals surface area contributed by atoms with E-state index in [-0.39, 0.29) is 12.4 Å². The van der Waals surface area contributed by atoms with Gasteiger partial charge in [0.25, 0.3) is 15.7 Å². The van der Waals surface area contributed by atoms with Gasteiger partial charge in [0.15, 0.2) is 0 Å². The van der Waals surface area contributed by atoms with Gasteiger partial charge in [0.05, 0.1) is 29.9 Å². The van der Waals surface area contributed by atoms with Gasteiger partial charge in [-0.2, -0.15) is 13.5 Å². The second kappa shape index (κ2) is 10.7. The largest absolute Gasteiger partial charge is 0.491 e. The van der Waals surface area contributed by atoms with Crippen LogP contribution >= 0.6 is 15.9 Å². The maximum atomic E-state index is 13.3. The summed E-state index contributed by atoms with van der Waals surface area (Å²) < 4.78 is 40.5. The van der Waals surface area contributed by atoms with Crippen LogP contribution in [-0.2, 0) is 14.8 Å². The van der Waals surface area contributed by atoms with Gasteiger partial charge in [0.2, 0.25) is 0 Å². The molecule has 2 N–H and O–H groups in total. The number of sulfonamides is 1. The van der Waals surface area contributed by atoms with E-state index in [0.717, 1.165) is 35.3 Å². The lowest BCUT2D eigenvalue weighted by Gasteiger charge is -2.26. The van der Waals surface area contributed by atoms with Crippen molar-refractivity contribution in [3.05, 3.63) is 69.1 Å². The fourth-order valence-electron chi connectivity index (χ4n) is 3.49. The van der Waals surface area contributed by atoms with Crippen molar-refractivity contribution in [1.29, 1.82) is 0 Å². The minimum absolute atomic E-state index is 0.0207. The van der Waals surface area contributed by atoms with Crippen molar-refractivity contribution in [3.8, 4) is 5.75 Å². The SMILES string of the molecule is NN(C=Cc1cnn2ccc(Br)cc12)S(=O)(=O)c1cc([N+](=O)[O-])ccc1OCCN1CCOCC1. The Balaban J connectivity index is 1.57. The van der Waals surface area contributed by atoms with Crippen LogP contribution < -0.4 is 10.6 Å². The molecule has 14 heteroatoms. The molecule has 1 aliphatic rings. The number of fused-ring (bicyclic) bond motifs is 1. The van der Waals surface area contributed by atoms with Crippen molar-refractivity contribution >= 4 is 43.2 Å². The number of aromatic nitrogens is 2. The molecule has 0 unspecified atom stereocenters. The van der Waals surface area contributed by atoms with E-state index in [9.17, 15) is 18.5 Å². The van der Waals surface area contributed by atoms with E-state index in [1.165, 1.54) is 18.2 Å². The zero-order valence-corrected chi connectivity index (χ0v) is 20.9. The van der Waals surface area contributed by atoms with E-state index in [1.807, 2.05) is 12.1 Å². The van der Waals surface area contributed by atoms with Gasteiger partial charge in [0, 0.05) is 54.2 Å². The fraction of sp³-hybridized carbons (Fsp3) is 0.286. The van der Waals surface area contributed by atoms with Crippen LogP contribution in [-0.4, -0.2) is 71.7 Å². The summed E-state index contributed by atoms with van der Waals surface area (Å²) in [5.41, 5.74) is 0.954. The third kappa shape index (κ3) is 5.79. The maximum absolute atomic E-state index is 13.3. The zero-order chi connectivity index (χ0) is 25.0. The van der Waals surface area contributed by atoms with Gasteiger partial charge in [-0.3, -0.25) is 15.0 Å². The molecule has 1 fully saturated rings. The first-order valence-corrected chi connectivity index (χ1v) is 12.8. The van der Waals surface area contributed by atoms with Crippen molar-refractivity contribution < 1.29 is 22.8 Å². The fourth-order valence-corrected chi connectivity index (χ4v) is 4.92. The molecule has 1 aliphatic heterocycles. The van der Waals surface area contributed by atoms with Gasteiger partial charge >= 0.3 is 0 Å². The summed E-state index contributed by atoms with van der Waals surface area (Å²) in [6.45, 7) is 3.48. The molecular weight excluding hydrogens is 544 g/mol. The lowest BCUT2D eigenvalue weighted by Crippen LogP contribution is -2.38. The molecule has 0 atom stereocenters. The van der Waals surface area contributed by atoms with Crippen molar-refractivity contribution in [1.82, 2.24) is 18.9 Å². The molecule has 0 aliphatic carbocycles. The average molecular weight is 567 g/mol. The predicted octanol–water partition coefficient (Wildman–Crippen LogP) is 2.25. The summed E-state index contributed by atoms with van der Waals surface area (Å²) in [5, 5.41) is 15.5. The maximum Gasteiger partial charge on any atom is 0.280 e. The Morgan fingerprint density at radius 1 is 1.29 bits per heavy atom. The van der Waals surface area contributed by atoms with Crippen molar-refractivity contribution in [2.45, 2.75) is 4.90 Å². The van der Waals surface area contributed by atoms with Crippen LogP contribution in [0.1, 0.15) is 5.56 Å². The highest BCUT2D eigenvalue weighted by Gasteiger charge is 2.27. The molecule has 0 spiro atoms. The Morgan fingerprint density at radius 2 is 2.06 bits per heavy atom. The third-order valence-corrected chi connectivity index (χ3v) is 7.42. The highest BCUT2D eigenvalue weighted by atomic mass is 79.9. The number of pyridine rings is 1. The van der Waals surface area contributed by atoms with E-state index in [0.29, 0.717) is 29.7 Å². The Bertz CT molecular complexity index is 1360. The summed E-state index contributed by atoms with van der Waals surface area (Å²) in [4.78, 5) is 12.3. The first kappa shape index (κ1) is 25.1. The van der Waals surface area contributed by atoms with Crippen LogP contribution in [0.2, 0.25) is 0 Å². The number of nitro benzene ring substituents is 1. The van der Waals surface area contributed by atoms with Gasteiger partial charge in [-0.1, -0.05) is 15.9 Å². The van der Waals surface area contributed by atoms with Crippen LogP contribution in [0.3, 0.4) is 0 Å². The lowest BCUT2D eigenvalue weighted by atomic mass is 10.2. The molecule has 2 aromatic heterocycles.